The van der Waals surface area contributed by atoms with Crippen molar-refractivity contribution in [2.24, 2.45) is 0 Å². The van der Waals surface area contributed by atoms with E-state index in [1.54, 1.807) is 6.20 Å². The molecule has 0 aromatic carbocycles. The highest BCUT2D eigenvalue weighted by Gasteiger charge is 2.09. The van der Waals surface area contributed by atoms with Crippen molar-refractivity contribution in [3.8, 4) is 5.88 Å². The molecular weight excluding hydrogens is 212 g/mol. The molecule has 16 heavy (non-hydrogen) atoms. The molecule has 0 spiro atoms. The molecule has 0 saturated heterocycles. The molecule has 0 bridgehead atoms. The van der Waals surface area contributed by atoms with Crippen LogP contribution < -0.4 is 4.74 Å². The predicted octanol–water partition coefficient (Wildman–Crippen LogP) is 0.0372. The van der Waals surface area contributed by atoms with Crippen LogP contribution in [0.15, 0.2) is 6.20 Å². The van der Waals surface area contributed by atoms with Crippen LogP contribution in [0.1, 0.15) is 17.8 Å². The molecule has 0 atom stereocenters. The molecule has 1 aromatic rings. The van der Waals surface area contributed by atoms with Gasteiger partial charge >= 0.3 is 5.97 Å². The van der Waals surface area contributed by atoms with E-state index in [-0.39, 0.29) is 13.0 Å². The fourth-order valence-corrected chi connectivity index (χ4v) is 1.24. The molecule has 6 heteroatoms. The molecule has 0 aliphatic heterocycles. The summed E-state index contributed by atoms with van der Waals surface area (Å²) in [4.78, 5) is 18.5. The number of aliphatic hydroxyl groups is 1. The number of carboxylic acids is 1. The second-order valence-electron chi connectivity index (χ2n) is 3.19. The van der Waals surface area contributed by atoms with Crippen molar-refractivity contribution < 1.29 is 19.7 Å². The van der Waals surface area contributed by atoms with E-state index in [9.17, 15) is 4.79 Å². The van der Waals surface area contributed by atoms with Gasteiger partial charge in [-0.25, -0.2) is 4.98 Å². The lowest BCUT2D eigenvalue weighted by Crippen LogP contribution is -2.05. The van der Waals surface area contributed by atoms with E-state index in [1.165, 1.54) is 7.11 Å². The average molecular weight is 226 g/mol. The Kier molecular flexibility index (Phi) is 4.65. The van der Waals surface area contributed by atoms with Crippen molar-refractivity contribution in [3.63, 3.8) is 0 Å². The van der Waals surface area contributed by atoms with Crippen LogP contribution in [-0.2, 0) is 17.6 Å². The maximum atomic E-state index is 10.4. The van der Waals surface area contributed by atoms with Crippen molar-refractivity contribution in [1.29, 1.82) is 0 Å². The number of aliphatic hydroxyl groups excluding tert-OH is 1. The number of rotatable bonds is 6. The molecule has 0 aliphatic rings. The van der Waals surface area contributed by atoms with E-state index in [1.807, 2.05) is 0 Å². The van der Waals surface area contributed by atoms with E-state index < -0.39 is 5.97 Å². The number of carboxylic acid groups (broad SMARTS) is 1. The lowest BCUT2D eigenvalue weighted by molar-refractivity contribution is -0.136. The van der Waals surface area contributed by atoms with Crippen molar-refractivity contribution in [3.05, 3.63) is 17.6 Å². The van der Waals surface area contributed by atoms with Crippen LogP contribution in [0.4, 0.5) is 0 Å². The Hall–Kier alpha value is -1.69. The fraction of sp³-hybridized carbons (Fsp3) is 0.500. The topological polar surface area (TPSA) is 92.5 Å². The minimum atomic E-state index is -0.874. The summed E-state index contributed by atoms with van der Waals surface area (Å²) < 4.78 is 5.04. The highest BCUT2D eigenvalue weighted by atomic mass is 16.5. The first-order valence-electron chi connectivity index (χ1n) is 4.88. The smallest absolute Gasteiger partial charge is 0.303 e. The summed E-state index contributed by atoms with van der Waals surface area (Å²) >= 11 is 0. The number of ether oxygens (including phenoxy) is 1. The SMILES string of the molecule is COc1nc(CCO)ncc1CCC(=O)O. The average Bonchev–Trinajstić information content (AvgIpc) is 2.27. The van der Waals surface area contributed by atoms with Gasteiger partial charge in [-0.1, -0.05) is 0 Å². The standard InChI is InChI=1S/C10H14N2O4/c1-16-10-7(2-3-9(14)15)6-11-8(12-10)4-5-13/h6,13H,2-5H2,1H3,(H,14,15). The Balaban J connectivity index is 2.80. The van der Waals surface area contributed by atoms with Gasteiger partial charge in [-0.15, -0.1) is 0 Å². The molecule has 1 aromatic heterocycles. The van der Waals surface area contributed by atoms with Crippen LogP contribution in [0.3, 0.4) is 0 Å². The van der Waals surface area contributed by atoms with E-state index in [0.717, 1.165) is 0 Å². The largest absolute Gasteiger partial charge is 0.481 e. The van der Waals surface area contributed by atoms with Crippen LogP contribution in [0.2, 0.25) is 0 Å². The quantitative estimate of drug-likeness (QED) is 0.711. The van der Waals surface area contributed by atoms with Gasteiger partial charge in [0.25, 0.3) is 0 Å². The van der Waals surface area contributed by atoms with Gasteiger partial charge in [0.2, 0.25) is 5.88 Å². The molecule has 0 radical (unpaired) electrons. The summed E-state index contributed by atoms with van der Waals surface area (Å²) in [5.74, 6) is -0.0142. The zero-order valence-corrected chi connectivity index (χ0v) is 9.01. The van der Waals surface area contributed by atoms with Crippen molar-refractivity contribution >= 4 is 5.97 Å². The summed E-state index contributed by atoms with van der Waals surface area (Å²) in [5, 5.41) is 17.3. The molecule has 1 heterocycles. The van der Waals surface area contributed by atoms with Gasteiger partial charge in [0.05, 0.1) is 13.7 Å². The van der Waals surface area contributed by atoms with Crippen LogP contribution >= 0.6 is 0 Å². The maximum absolute atomic E-state index is 10.4. The van der Waals surface area contributed by atoms with Gasteiger partial charge in [-0.3, -0.25) is 4.79 Å². The van der Waals surface area contributed by atoms with Gasteiger partial charge in [0, 0.05) is 24.6 Å². The highest BCUT2D eigenvalue weighted by molar-refractivity contribution is 5.67. The molecule has 0 amide bonds. The lowest BCUT2D eigenvalue weighted by Gasteiger charge is -2.07. The Morgan fingerprint density at radius 2 is 2.25 bits per heavy atom. The number of aliphatic carboxylic acids is 1. The van der Waals surface area contributed by atoms with Crippen molar-refractivity contribution in [2.45, 2.75) is 19.3 Å². The van der Waals surface area contributed by atoms with Crippen LogP contribution in [-0.4, -0.2) is 39.9 Å². The maximum Gasteiger partial charge on any atom is 0.303 e. The zero-order valence-electron chi connectivity index (χ0n) is 9.01. The van der Waals surface area contributed by atoms with E-state index >= 15 is 0 Å². The normalized spacial score (nSPS) is 10.1. The Labute approximate surface area is 92.9 Å². The summed E-state index contributed by atoms with van der Waals surface area (Å²) in [6, 6.07) is 0. The van der Waals surface area contributed by atoms with Gasteiger partial charge in [-0.2, -0.15) is 4.98 Å². The number of methoxy groups -OCH3 is 1. The third-order valence-corrected chi connectivity index (χ3v) is 2.01. The van der Waals surface area contributed by atoms with Gasteiger partial charge in [-0.05, 0) is 6.42 Å². The molecular formula is C10H14N2O4. The summed E-state index contributed by atoms with van der Waals surface area (Å²) in [6.07, 6.45) is 2.24. The predicted molar refractivity (Wildman–Crippen MR) is 55.3 cm³/mol. The molecule has 88 valence electrons. The first-order valence-corrected chi connectivity index (χ1v) is 4.88. The third-order valence-electron chi connectivity index (χ3n) is 2.01. The number of hydrogen-bond donors (Lipinski definition) is 2. The van der Waals surface area contributed by atoms with Gasteiger partial charge in [0.15, 0.2) is 0 Å². The molecule has 2 N–H and O–H groups in total. The summed E-state index contributed by atoms with van der Waals surface area (Å²) in [6.45, 7) is -0.0301. The van der Waals surface area contributed by atoms with Gasteiger partial charge in [0.1, 0.15) is 5.82 Å². The fourth-order valence-electron chi connectivity index (χ4n) is 1.24. The second-order valence-corrected chi connectivity index (χ2v) is 3.19. The van der Waals surface area contributed by atoms with Crippen LogP contribution in [0.5, 0.6) is 5.88 Å². The molecule has 1 rings (SSSR count). The van der Waals surface area contributed by atoms with Gasteiger partial charge < -0.3 is 14.9 Å². The molecule has 0 saturated carbocycles. The lowest BCUT2D eigenvalue weighted by atomic mass is 10.2. The van der Waals surface area contributed by atoms with E-state index in [0.29, 0.717) is 30.1 Å². The van der Waals surface area contributed by atoms with Crippen LogP contribution in [0.25, 0.3) is 0 Å². The number of nitrogens with zero attached hydrogens (tertiary/aromatic N) is 2. The van der Waals surface area contributed by atoms with Crippen molar-refractivity contribution in [2.75, 3.05) is 13.7 Å². The first kappa shape index (κ1) is 12.4. The minimum Gasteiger partial charge on any atom is -0.481 e. The first-order chi connectivity index (χ1) is 7.67. The van der Waals surface area contributed by atoms with E-state index in [4.69, 9.17) is 14.9 Å². The number of aryl methyl sites for hydroxylation is 1. The Morgan fingerprint density at radius 1 is 1.50 bits per heavy atom. The Morgan fingerprint density at radius 3 is 2.81 bits per heavy atom. The molecule has 0 unspecified atom stereocenters. The summed E-state index contributed by atoms with van der Waals surface area (Å²) in [7, 11) is 1.47. The third kappa shape index (κ3) is 3.47. The highest BCUT2D eigenvalue weighted by Crippen LogP contribution is 2.16. The molecule has 0 aliphatic carbocycles. The monoisotopic (exact) mass is 226 g/mol. The second kappa shape index (κ2) is 6.02. The number of carbonyl (C=O) groups is 1. The van der Waals surface area contributed by atoms with E-state index in [2.05, 4.69) is 9.97 Å². The zero-order chi connectivity index (χ0) is 12.0. The summed E-state index contributed by atoms with van der Waals surface area (Å²) in [5.41, 5.74) is 0.659. The van der Waals surface area contributed by atoms with Crippen molar-refractivity contribution in [1.82, 2.24) is 9.97 Å². The minimum absolute atomic E-state index is 0.0130. The number of hydrogen-bond acceptors (Lipinski definition) is 5. The number of aromatic nitrogens is 2. The molecule has 6 nitrogen and oxygen atoms in total. The Bertz CT molecular complexity index is 368. The molecule has 0 fully saturated rings. The van der Waals surface area contributed by atoms with Crippen LogP contribution in [0, 0.1) is 0 Å².